The molecule has 2 rings (SSSR count). The minimum Gasteiger partial charge on any atom is -0.356 e. The number of aromatic nitrogens is 2. The summed E-state index contributed by atoms with van der Waals surface area (Å²) in [6.45, 7) is 2.19. The van der Waals surface area contributed by atoms with Gasteiger partial charge in [0.2, 0.25) is 0 Å². The van der Waals surface area contributed by atoms with Crippen LogP contribution in [0.15, 0.2) is 47.7 Å². The van der Waals surface area contributed by atoms with Crippen LogP contribution in [-0.4, -0.2) is 29.3 Å². The Morgan fingerprint density at radius 1 is 1.32 bits per heavy atom. The SMILES string of the molecule is CN=C(NCCCn1cccn1)NCc1cccc(F)c1.I. The molecule has 0 atom stereocenters. The molecule has 0 unspecified atom stereocenters. The van der Waals surface area contributed by atoms with Crippen molar-refractivity contribution in [2.24, 2.45) is 4.99 Å². The van der Waals surface area contributed by atoms with E-state index in [4.69, 9.17) is 0 Å². The van der Waals surface area contributed by atoms with Gasteiger partial charge in [0.05, 0.1) is 0 Å². The molecule has 0 aliphatic rings. The highest BCUT2D eigenvalue weighted by Gasteiger charge is 1.99. The van der Waals surface area contributed by atoms with Crippen molar-refractivity contribution in [3.63, 3.8) is 0 Å². The molecule has 0 bridgehead atoms. The molecule has 2 aromatic rings. The monoisotopic (exact) mass is 417 g/mol. The first kappa shape index (κ1) is 18.4. The van der Waals surface area contributed by atoms with Crippen LogP contribution in [-0.2, 0) is 13.1 Å². The number of benzene rings is 1. The molecule has 0 amide bonds. The summed E-state index contributed by atoms with van der Waals surface area (Å²) in [4.78, 5) is 4.14. The summed E-state index contributed by atoms with van der Waals surface area (Å²) >= 11 is 0. The zero-order chi connectivity index (χ0) is 14.9. The minimum absolute atomic E-state index is 0. The number of nitrogens with one attached hydrogen (secondary N) is 2. The first-order valence-corrected chi connectivity index (χ1v) is 6.94. The summed E-state index contributed by atoms with van der Waals surface area (Å²) in [5.41, 5.74) is 0.884. The molecule has 1 aromatic carbocycles. The largest absolute Gasteiger partial charge is 0.356 e. The van der Waals surface area contributed by atoms with E-state index in [9.17, 15) is 4.39 Å². The number of halogens is 2. The Kier molecular flexibility index (Phi) is 8.49. The molecule has 0 saturated heterocycles. The van der Waals surface area contributed by atoms with E-state index in [1.807, 2.05) is 23.0 Å². The van der Waals surface area contributed by atoms with Gasteiger partial charge in [-0.15, -0.1) is 24.0 Å². The van der Waals surface area contributed by atoms with Gasteiger partial charge in [0.1, 0.15) is 5.82 Å². The number of rotatable bonds is 6. The van der Waals surface area contributed by atoms with Crippen molar-refractivity contribution < 1.29 is 4.39 Å². The van der Waals surface area contributed by atoms with Gasteiger partial charge in [-0.25, -0.2) is 4.39 Å². The van der Waals surface area contributed by atoms with Crippen LogP contribution in [0, 0.1) is 5.82 Å². The Morgan fingerprint density at radius 3 is 2.86 bits per heavy atom. The lowest BCUT2D eigenvalue weighted by Gasteiger charge is -2.12. The fourth-order valence-electron chi connectivity index (χ4n) is 1.93. The molecule has 1 heterocycles. The van der Waals surface area contributed by atoms with Crippen LogP contribution < -0.4 is 10.6 Å². The van der Waals surface area contributed by atoms with Gasteiger partial charge in [-0.05, 0) is 30.2 Å². The molecule has 0 spiro atoms. The number of aliphatic imine (C=N–C) groups is 1. The Labute approximate surface area is 147 Å². The molecular formula is C15H21FIN5. The first-order valence-electron chi connectivity index (χ1n) is 6.94. The minimum atomic E-state index is -0.225. The predicted molar refractivity (Wildman–Crippen MR) is 96.9 cm³/mol. The van der Waals surface area contributed by atoms with E-state index in [2.05, 4.69) is 20.7 Å². The average molecular weight is 417 g/mol. The third-order valence-corrected chi connectivity index (χ3v) is 2.99. The van der Waals surface area contributed by atoms with E-state index in [1.54, 1.807) is 19.3 Å². The lowest BCUT2D eigenvalue weighted by Crippen LogP contribution is -2.37. The Morgan fingerprint density at radius 2 is 2.18 bits per heavy atom. The molecular weight excluding hydrogens is 396 g/mol. The summed E-state index contributed by atoms with van der Waals surface area (Å²) in [7, 11) is 1.72. The maximum absolute atomic E-state index is 13.1. The summed E-state index contributed by atoms with van der Waals surface area (Å²) in [6, 6.07) is 8.43. The molecule has 2 N–H and O–H groups in total. The second-order valence-electron chi connectivity index (χ2n) is 4.61. The Balaban J connectivity index is 0.00000242. The van der Waals surface area contributed by atoms with Crippen molar-refractivity contribution in [1.29, 1.82) is 0 Å². The van der Waals surface area contributed by atoms with Gasteiger partial charge in [-0.1, -0.05) is 12.1 Å². The van der Waals surface area contributed by atoms with Crippen LogP contribution in [0.2, 0.25) is 0 Å². The van der Waals surface area contributed by atoms with E-state index in [1.165, 1.54) is 12.1 Å². The topological polar surface area (TPSA) is 54.2 Å². The summed E-state index contributed by atoms with van der Waals surface area (Å²) in [5, 5.41) is 10.5. The van der Waals surface area contributed by atoms with Crippen molar-refractivity contribution in [2.75, 3.05) is 13.6 Å². The van der Waals surface area contributed by atoms with Crippen LogP contribution in [0.5, 0.6) is 0 Å². The molecule has 120 valence electrons. The highest BCUT2D eigenvalue weighted by Crippen LogP contribution is 2.02. The zero-order valence-corrected chi connectivity index (χ0v) is 14.8. The molecule has 7 heteroatoms. The molecule has 0 saturated carbocycles. The molecule has 22 heavy (non-hydrogen) atoms. The maximum Gasteiger partial charge on any atom is 0.191 e. The molecule has 5 nitrogen and oxygen atoms in total. The van der Waals surface area contributed by atoms with Gasteiger partial charge in [-0.3, -0.25) is 9.67 Å². The zero-order valence-electron chi connectivity index (χ0n) is 12.5. The Hall–Kier alpha value is -1.64. The maximum atomic E-state index is 13.1. The van der Waals surface area contributed by atoms with E-state index >= 15 is 0 Å². The van der Waals surface area contributed by atoms with E-state index < -0.39 is 0 Å². The van der Waals surface area contributed by atoms with Gasteiger partial charge in [-0.2, -0.15) is 5.10 Å². The smallest absolute Gasteiger partial charge is 0.191 e. The highest BCUT2D eigenvalue weighted by molar-refractivity contribution is 14.0. The van der Waals surface area contributed by atoms with E-state index in [0.717, 1.165) is 25.1 Å². The average Bonchev–Trinajstić information content (AvgIpc) is 3.00. The predicted octanol–water partition coefficient (Wildman–Crippen LogP) is 2.40. The summed E-state index contributed by atoms with van der Waals surface area (Å²) in [6.07, 6.45) is 4.66. The van der Waals surface area contributed by atoms with Crippen LogP contribution in [0.3, 0.4) is 0 Å². The van der Waals surface area contributed by atoms with Crippen LogP contribution in [0.1, 0.15) is 12.0 Å². The third kappa shape index (κ3) is 6.42. The van der Waals surface area contributed by atoms with Gasteiger partial charge < -0.3 is 10.6 Å². The van der Waals surface area contributed by atoms with Gasteiger partial charge in [0.15, 0.2) is 5.96 Å². The van der Waals surface area contributed by atoms with Crippen LogP contribution in [0.4, 0.5) is 4.39 Å². The van der Waals surface area contributed by atoms with Crippen molar-refractivity contribution >= 4 is 29.9 Å². The second-order valence-corrected chi connectivity index (χ2v) is 4.61. The number of aryl methyl sites for hydroxylation is 1. The van der Waals surface area contributed by atoms with Crippen LogP contribution >= 0.6 is 24.0 Å². The van der Waals surface area contributed by atoms with Crippen LogP contribution in [0.25, 0.3) is 0 Å². The van der Waals surface area contributed by atoms with Gasteiger partial charge in [0.25, 0.3) is 0 Å². The first-order chi connectivity index (χ1) is 10.3. The molecule has 0 aliphatic heterocycles. The van der Waals surface area contributed by atoms with Gasteiger partial charge >= 0.3 is 0 Å². The van der Waals surface area contributed by atoms with E-state index in [-0.39, 0.29) is 29.8 Å². The summed E-state index contributed by atoms with van der Waals surface area (Å²) < 4.78 is 15.0. The Bertz CT molecular complexity index is 571. The quantitative estimate of drug-likeness (QED) is 0.329. The fraction of sp³-hybridized carbons (Fsp3) is 0.333. The molecule has 0 fully saturated rings. The lowest BCUT2D eigenvalue weighted by atomic mass is 10.2. The van der Waals surface area contributed by atoms with Crippen molar-refractivity contribution in [3.05, 3.63) is 54.1 Å². The normalized spacial score (nSPS) is 10.9. The second kappa shape index (κ2) is 10.1. The number of hydrogen-bond acceptors (Lipinski definition) is 2. The fourth-order valence-corrected chi connectivity index (χ4v) is 1.93. The number of nitrogens with zero attached hydrogens (tertiary/aromatic N) is 3. The van der Waals surface area contributed by atoms with E-state index in [0.29, 0.717) is 12.5 Å². The highest BCUT2D eigenvalue weighted by atomic mass is 127. The molecule has 0 aliphatic carbocycles. The van der Waals surface area contributed by atoms with Crippen molar-refractivity contribution in [3.8, 4) is 0 Å². The number of hydrogen-bond donors (Lipinski definition) is 2. The molecule has 0 radical (unpaired) electrons. The third-order valence-electron chi connectivity index (χ3n) is 2.99. The standard InChI is InChI=1S/C15H20FN5.HI/c1-17-15(18-7-3-9-21-10-4-8-20-21)19-12-13-5-2-6-14(16)11-13;/h2,4-6,8,10-11H,3,7,9,12H2,1H3,(H2,17,18,19);1H. The molecule has 1 aromatic heterocycles. The van der Waals surface area contributed by atoms with Crippen molar-refractivity contribution in [1.82, 2.24) is 20.4 Å². The van der Waals surface area contributed by atoms with Gasteiger partial charge in [0, 0.05) is 39.1 Å². The van der Waals surface area contributed by atoms with Crippen molar-refractivity contribution in [2.45, 2.75) is 19.5 Å². The summed E-state index contributed by atoms with van der Waals surface area (Å²) in [5.74, 6) is 0.483. The number of guanidine groups is 1. The lowest BCUT2D eigenvalue weighted by molar-refractivity contribution is 0.570.